The zero-order valence-electron chi connectivity index (χ0n) is 11.6. The predicted octanol–water partition coefficient (Wildman–Crippen LogP) is 3.65. The summed E-state index contributed by atoms with van der Waals surface area (Å²) in [6.45, 7) is 2.15. The Balaban J connectivity index is 2.15. The molecule has 1 heterocycles. The molecule has 20 heavy (non-hydrogen) atoms. The van der Waals surface area contributed by atoms with Crippen LogP contribution < -0.4 is 0 Å². The highest BCUT2D eigenvalue weighted by Crippen LogP contribution is 2.26. The molecule has 108 valence electrons. The van der Waals surface area contributed by atoms with Crippen LogP contribution in [0, 0.1) is 12.8 Å². The van der Waals surface area contributed by atoms with Gasteiger partial charge in [0.2, 0.25) is 0 Å². The molecule has 1 N–H and O–H groups in total. The summed E-state index contributed by atoms with van der Waals surface area (Å²) in [7, 11) is 1.94. The summed E-state index contributed by atoms with van der Waals surface area (Å²) in [6.07, 6.45) is 1.64. The van der Waals surface area contributed by atoms with E-state index in [2.05, 4.69) is 43.0 Å². The fourth-order valence-corrected chi connectivity index (χ4v) is 3.30. The van der Waals surface area contributed by atoms with Gasteiger partial charge < -0.3 is 5.11 Å². The monoisotopic (exact) mass is 400 g/mol. The van der Waals surface area contributed by atoms with E-state index >= 15 is 0 Å². The molecule has 0 fully saturated rings. The maximum Gasteiger partial charge on any atom is 0.0738 e. The third kappa shape index (κ3) is 3.51. The molecule has 2 rings (SSSR count). The molecule has 0 amide bonds. The summed E-state index contributed by atoms with van der Waals surface area (Å²) in [4.78, 5) is 0. The average Bonchev–Trinajstić information content (AvgIpc) is 2.66. The first-order chi connectivity index (χ1) is 9.52. The Morgan fingerprint density at radius 3 is 2.50 bits per heavy atom. The van der Waals surface area contributed by atoms with Crippen LogP contribution in [0.15, 0.2) is 33.2 Å². The van der Waals surface area contributed by atoms with Crippen LogP contribution in [0.25, 0.3) is 0 Å². The lowest BCUT2D eigenvalue weighted by Crippen LogP contribution is -2.15. The van der Waals surface area contributed by atoms with Crippen LogP contribution in [0.2, 0.25) is 0 Å². The highest BCUT2D eigenvalue weighted by atomic mass is 79.9. The van der Waals surface area contributed by atoms with E-state index in [4.69, 9.17) is 0 Å². The standard InChI is InChI=1S/C15H18Br2N2O/c1-10-15(17)14(19(2)18-10)8-11(9-20)7-12-5-3-4-6-13(12)16/h3-6,11,20H,7-9H2,1-2H3. The fraction of sp³-hybridized carbons (Fsp3) is 0.400. The predicted molar refractivity (Wildman–Crippen MR) is 87.8 cm³/mol. The Hall–Kier alpha value is -0.650. The number of hydrogen-bond acceptors (Lipinski definition) is 2. The Morgan fingerprint density at radius 1 is 1.25 bits per heavy atom. The van der Waals surface area contributed by atoms with Gasteiger partial charge in [0.1, 0.15) is 0 Å². The number of hydrogen-bond donors (Lipinski definition) is 1. The molecule has 0 aliphatic heterocycles. The van der Waals surface area contributed by atoms with Gasteiger partial charge >= 0.3 is 0 Å². The Morgan fingerprint density at radius 2 is 1.95 bits per heavy atom. The lowest BCUT2D eigenvalue weighted by Gasteiger charge is -2.15. The highest BCUT2D eigenvalue weighted by Gasteiger charge is 2.17. The van der Waals surface area contributed by atoms with Crippen molar-refractivity contribution in [1.29, 1.82) is 0 Å². The maximum absolute atomic E-state index is 9.67. The van der Waals surface area contributed by atoms with Gasteiger partial charge in [-0.1, -0.05) is 34.1 Å². The van der Waals surface area contributed by atoms with Crippen molar-refractivity contribution in [2.24, 2.45) is 13.0 Å². The van der Waals surface area contributed by atoms with Gasteiger partial charge in [-0.05, 0) is 53.2 Å². The van der Waals surface area contributed by atoms with Crippen molar-refractivity contribution >= 4 is 31.9 Å². The zero-order chi connectivity index (χ0) is 14.7. The van der Waals surface area contributed by atoms with Gasteiger partial charge in [-0.15, -0.1) is 0 Å². The Labute approximate surface area is 136 Å². The number of benzene rings is 1. The van der Waals surface area contributed by atoms with Gasteiger partial charge in [-0.3, -0.25) is 4.68 Å². The minimum Gasteiger partial charge on any atom is -0.396 e. The Kier molecular flexibility index (Phi) is 5.41. The number of rotatable bonds is 5. The topological polar surface area (TPSA) is 38.0 Å². The van der Waals surface area contributed by atoms with Crippen molar-refractivity contribution in [2.75, 3.05) is 6.61 Å². The molecule has 0 bridgehead atoms. The largest absolute Gasteiger partial charge is 0.396 e. The minimum atomic E-state index is 0.165. The second kappa shape index (κ2) is 6.87. The molecule has 0 radical (unpaired) electrons. The van der Waals surface area contributed by atoms with E-state index < -0.39 is 0 Å². The lowest BCUT2D eigenvalue weighted by molar-refractivity contribution is 0.223. The van der Waals surface area contributed by atoms with Crippen LogP contribution in [0.3, 0.4) is 0 Å². The summed E-state index contributed by atoms with van der Waals surface area (Å²) < 4.78 is 4.03. The van der Waals surface area contributed by atoms with Crippen LogP contribution in [0.5, 0.6) is 0 Å². The van der Waals surface area contributed by atoms with Crippen molar-refractivity contribution in [1.82, 2.24) is 9.78 Å². The van der Waals surface area contributed by atoms with E-state index in [0.717, 1.165) is 33.2 Å². The van der Waals surface area contributed by atoms with Gasteiger partial charge in [0, 0.05) is 18.1 Å². The number of aliphatic hydroxyl groups is 1. The summed E-state index contributed by atoms with van der Waals surface area (Å²) in [5, 5.41) is 14.1. The summed E-state index contributed by atoms with van der Waals surface area (Å²) in [6, 6.07) is 8.16. The van der Waals surface area contributed by atoms with Crippen molar-refractivity contribution < 1.29 is 5.11 Å². The quantitative estimate of drug-likeness (QED) is 0.830. The summed E-state index contributed by atoms with van der Waals surface area (Å²) in [5.74, 6) is 0.180. The molecule has 1 unspecified atom stereocenters. The minimum absolute atomic E-state index is 0.165. The molecular formula is C15H18Br2N2O. The van der Waals surface area contributed by atoms with E-state index in [1.165, 1.54) is 5.56 Å². The van der Waals surface area contributed by atoms with Gasteiger partial charge in [0.05, 0.1) is 15.9 Å². The first kappa shape index (κ1) is 15.7. The lowest BCUT2D eigenvalue weighted by atomic mass is 9.95. The summed E-state index contributed by atoms with van der Waals surface area (Å²) >= 11 is 7.15. The number of halogens is 2. The average molecular weight is 402 g/mol. The zero-order valence-corrected chi connectivity index (χ0v) is 14.8. The van der Waals surface area contributed by atoms with Crippen LogP contribution in [0.1, 0.15) is 17.0 Å². The number of nitrogens with zero attached hydrogens (tertiary/aromatic N) is 2. The molecule has 0 saturated carbocycles. The van der Waals surface area contributed by atoms with Crippen LogP contribution in [0.4, 0.5) is 0 Å². The molecule has 3 nitrogen and oxygen atoms in total. The molecule has 0 aliphatic carbocycles. The van der Waals surface area contributed by atoms with Crippen molar-refractivity contribution in [3.8, 4) is 0 Å². The first-order valence-electron chi connectivity index (χ1n) is 6.55. The first-order valence-corrected chi connectivity index (χ1v) is 8.13. The molecule has 1 atom stereocenters. The SMILES string of the molecule is Cc1nn(C)c(CC(CO)Cc2ccccc2Br)c1Br. The van der Waals surface area contributed by atoms with Crippen LogP contribution in [-0.4, -0.2) is 21.5 Å². The van der Waals surface area contributed by atoms with Crippen molar-refractivity contribution in [3.05, 3.63) is 50.2 Å². The van der Waals surface area contributed by atoms with Crippen LogP contribution >= 0.6 is 31.9 Å². The molecule has 1 aromatic carbocycles. The smallest absolute Gasteiger partial charge is 0.0738 e. The van der Waals surface area contributed by atoms with Crippen molar-refractivity contribution in [2.45, 2.75) is 19.8 Å². The molecule has 0 aliphatic rings. The third-order valence-electron chi connectivity index (χ3n) is 3.47. The normalized spacial score (nSPS) is 12.7. The number of aryl methyl sites for hydroxylation is 2. The van der Waals surface area contributed by atoms with E-state index in [1.807, 2.05) is 36.9 Å². The fourth-order valence-electron chi connectivity index (χ4n) is 2.35. The Bertz CT molecular complexity index is 596. The van der Waals surface area contributed by atoms with Gasteiger partial charge in [-0.25, -0.2) is 0 Å². The molecule has 0 saturated heterocycles. The van der Waals surface area contributed by atoms with E-state index in [-0.39, 0.29) is 12.5 Å². The number of aromatic nitrogens is 2. The van der Waals surface area contributed by atoms with Gasteiger partial charge in [0.25, 0.3) is 0 Å². The van der Waals surface area contributed by atoms with Crippen molar-refractivity contribution in [3.63, 3.8) is 0 Å². The summed E-state index contributed by atoms with van der Waals surface area (Å²) in [5.41, 5.74) is 3.34. The maximum atomic E-state index is 9.67. The highest BCUT2D eigenvalue weighted by molar-refractivity contribution is 9.10. The molecule has 5 heteroatoms. The molecule has 0 spiro atoms. The molecule has 1 aromatic heterocycles. The molecule has 2 aromatic rings. The van der Waals surface area contributed by atoms with E-state index in [9.17, 15) is 5.11 Å². The third-order valence-corrected chi connectivity index (χ3v) is 5.27. The van der Waals surface area contributed by atoms with Gasteiger partial charge in [-0.2, -0.15) is 5.10 Å². The number of aliphatic hydroxyl groups excluding tert-OH is 1. The second-order valence-corrected chi connectivity index (χ2v) is 6.67. The second-order valence-electron chi connectivity index (χ2n) is 5.02. The van der Waals surface area contributed by atoms with E-state index in [1.54, 1.807) is 0 Å². The van der Waals surface area contributed by atoms with Crippen LogP contribution in [-0.2, 0) is 19.9 Å². The van der Waals surface area contributed by atoms with E-state index in [0.29, 0.717) is 0 Å². The molecular weight excluding hydrogens is 384 g/mol. The van der Waals surface area contributed by atoms with Gasteiger partial charge in [0.15, 0.2) is 0 Å².